The summed E-state index contributed by atoms with van der Waals surface area (Å²) in [7, 11) is 1.49. The Balaban J connectivity index is 1.43. The molecule has 3 aliphatic rings. The van der Waals surface area contributed by atoms with Crippen molar-refractivity contribution in [2.75, 3.05) is 33.2 Å². The van der Waals surface area contributed by atoms with Gasteiger partial charge in [0.2, 0.25) is 11.8 Å². The first-order valence-corrected chi connectivity index (χ1v) is 13.5. The van der Waals surface area contributed by atoms with E-state index in [9.17, 15) is 27.6 Å². The number of benzene rings is 1. The number of hydrogen-bond acceptors (Lipinski definition) is 4. The third-order valence-electron chi connectivity index (χ3n) is 8.15. The number of likely N-dealkylation sites (tertiary alicyclic amines) is 2. The van der Waals surface area contributed by atoms with Gasteiger partial charge in [0.05, 0.1) is 12.5 Å². The molecular weight excluding hydrogens is 523 g/mol. The first-order valence-electron chi connectivity index (χ1n) is 13.1. The van der Waals surface area contributed by atoms with Gasteiger partial charge in [-0.25, -0.2) is 4.79 Å². The molecule has 0 spiro atoms. The summed E-state index contributed by atoms with van der Waals surface area (Å²) in [5.41, 5.74) is 0.637. The normalized spacial score (nSPS) is 24.2. The zero-order chi connectivity index (χ0) is 27.8. The lowest BCUT2D eigenvalue weighted by Crippen LogP contribution is -2.46. The Kier molecular flexibility index (Phi) is 8.21. The molecule has 2 heterocycles. The zero-order valence-corrected chi connectivity index (χ0v) is 22.7. The maximum atomic E-state index is 13.5. The van der Waals surface area contributed by atoms with E-state index in [-0.39, 0.29) is 35.6 Å². The van der Waals surface area contributed by atoms with E-state index in [4.69, 9.17) is 16.3 Å². The maximum Gasteiger partial charge on any atom is 0.410 e. The van der Waals surface area contributed by atoms with Gasteiger partial charge in [-0.15, -0.1) is 0 Å². The number of carbonyl (C=O) groups excluding carboxylic acids is 3. The van der Waals surface area contributed by atoms with E-state index < -0.39 is 30.8 Å². The van der Waals surface area contributed by atoms with E-state index in [0.29, 0.717) is 37.5 Å². The van der Waals surface area contributed by atoms with Crippen LogP contribution in [0, 0.1) is 11.3 Å². The van der Waals surface area contributed by atoms with Crippen molar-refractivity contribution in [3.63, 3.8) is 0 Å². The van der Waals surface area contributed by atoms with E-state index in [0.717, 1.165) is 18.4 Å². The lowest BCUT2D eigenvalue weighted by Gasteiger charge is -2.34. The van der Waals surface area contributed by atoms with E-state index in [1.807, 2.05) is 24.0 Å². The van der Waals surface area contributed by atoms with Crippen LogP contribution < -0.4 is 0 Å². The molecule has 4 rings (SSSR count). The van der Waals surface area contributed by atoms with Crippen molar-refractivity contribution in [3.8, 4) is 0 Å². The number of nitrogens with zero attached hydrogens (tertiary/aromatic N) is 3. The van der Waals surface area contributed by atoms with Crippen molar-refractivity contribution >= 4 is 29.5 Å². The van der Waals surface area contributed by atoms with Crippen LogP contribution in [0.4, 0.5) is 18.0 Å². The second kappa shape index (κ2) is 10.9. The summed E-state index contributed by atoms with van der Waals surface area (Å²) in [6.07, 6.45) is -4.88. The van der Waals surface area contributed by atoms with Crippen LogP contribution in [0.2, 0.25) is 5.02 Å². The quantitative estimate of drug-likeness (QED) is 0.489. The fourth-order valence-corrected chi connectivity index (χ4v) is 5.65. The molecule has 1 aliphatic carbocycles. The Hall–Kier alpha value is -2.49. The SMILES string of the molecule is CC(CC(F)(F)F)OC(=O)N(C)C1CN(C(=O)C2CCN(C(=O)C3(C)CC3)CC2)CC1c1ccc(Cl)cc1. The van der Waals surface area contributed by atoms with Gasteiger partial charge < -0.3 is 19.4 Å². The van der Waals surface area contributed by atoms with Gasteiger partial charge in [-0.2, -0.15) is 13.2 Å². The molecule has 7 nitrogen and oxygen atoms in total. The van der Waals surface area contributed by atoms with Crippen LogP contribution in [0.15, 0.2) is 24.3 Å². The molecule has 210 valence electrons. The molecule has 1 aromatic rings. The van der Waals surface area contributed by atoms with Gasteiger partial charge in [0.25, 0.3) is 0 Å². The van der Waals surface area contributed by atoms with E-state index >= 15 is 0 Å². The summed E-state index contributed by atoms with van der Waals surface area (Å²) in [5.74, 6) is -0.335. The fourth-order valence-electron chi connectivity index (χ4n) is 5.53. The summed E-state index contributed by atoms with van der Waals surface area (Å²) >= 11 is 6.06. The maximum absolute atomic E-state index is 13.5. The van der Waals surface area contributed by atoms with Crippen LogP contribution in [-0.4, -0.2) is 84.2 Å². The molecule has 38 heavy (non-hydrogen) atoms. The highest BCUT2D eigenvalue weighted by Crippen LogP contribution is 2.47. The van der Waals surface area contributed by atoms with Gasteiger partial charge in [-0.3, -0.25) is 9.59 Å². The number of halogens is 4. The van der Waals surface area contributed by atoms with Crippen LogP contribution in [0.25, 0.3) is 0 Å². The van der Waals surface area contributed by atoms with Crippen LogP contribution in [-0.2, 0) is 14.3 Å². The average Bonchev–Trinajstić information content (AvgIpc) is 3.45. The molecule has 3 amide bonds. The number of piperidine rings is 1. The fraction of sp³-hybridized carbons (Fsp3) is 0.667. The molecule has 3 unspecified atom stereocenters. The molecule has 1 saturated carbocycles. The van der Waals surface area contributed by atoms with Crippen LogP contribution >= 0.6 is 11.6 Å². The predicted molar refractivity (Wildman–Crippen MR) is 136 cm³/mol. The Morgan fingerprint density at radius 2 is 1.71 bits per heavy atom. The van der Waals surface area contributed by atoms with Gasteiger partial charge in [0.15, 0.2) is 0 Å². The number of rotatable bonds is 6. The molecular formula is C27H35ClF3N3O4. The third kappa shape index (κ3) is 6.55. The Morgan fingerprint density at radius 3 is 2.26 bits per heavy atom. The van der Waals surface area contributed by atoms with E-state index in [1.54, 1.807) is 17.0 Å². The summed E-state index contributed by atoms with van der Waals surface area (Å²) in [6, 6.07) is 6.65. The van der Waals surface area contributed by atoms with E-state index in [1.165, 1.54) is 18.9 Å². The van der Waals surface area contributed by atoms with Crippen LogP contribution in [0.5, 0.6) is 0 Å². The Labute approximate surface area is 226 Å². The van der Waals surface area contributed by atoms with Crippen molar-refractivity contribution in [1.82, 2.24) is 14.7 Å². The number of likely N-dealkylation sites (N-methyl/N-ethyl adjacent to an activating group) is 1. The number of carbonyl (C=O) groups is 3. The molecule has 11 heteroatoms. The minimum Gasteiger partial charge on any atom is -0.446 e. The van der Waals surface area contributed by atoms with Gasteiger partial charge in [0.1, 0.15) is 6.10 Å². The standard InChI is InChI=1S/C27H35ClF3N3O4/c1-17(14-27(29,30)31)38-25(37)32(3)22-16-34(15-21(22)18-4-6-20(28)7-5-18)23(35)19-8-12-33(13-9-19)24(36)26(2)10-11-26/h4-7,17,19,21-22H,8-16H2,1-3H3. The Morgan fingerprint density at radius 1 is 1.11 bits per heavy atom. The molecule has 3 fully saturated rings. The first-order chi connectivity index (χ1) is 17.8. The van der Waals surface area contributed by atoms with Crippen LogP contribution in [0.1, 0.15) is 57.4 Å². The molecule has 3 atom stereocenters. The molecule has 0 bridgehead atoms. The monoisotopic (exact) mass is 557 g/mol. The summed E-state index contributed by atoms with van der Waals surface area (Å²) < 4.78 is 43.3. The Bertz CT molecular complexity index is 1040. The summed E-state index contributed by atoms with van der Waals surface area (Å²) in [4.78, 5) is 43.9. The van der Waals surface area contributed by atoms with Crippen molar-refractivity contribution in [2.24, 2.45) is 11.3 Å². The number of alkyl halides is 3. The number of amides is 3. The molecule has 2 aliphatic heterocycles. The number of ether oxygens (including phenoxy) is 1. The van der Waals surface area contributed by atoms with E-state index in [2.05, 4.69) is 0 Å². The second-order valence-corrected chi connectivity index (χ2v) is 11.7. The highest BCUT2D eigenvalue weighted by Gasteiger charge is 2.48. The lowest BCUT2D eigenvalue weighted by molar-refractivity contribution is -0.152. The van der Waals surface area contributed by atoms with Crippen molar-refractivity contribution < 1.29 is 32.3 Å². The van der Waals surface area contributed by atoms with Gasteiger partial charge in [-0.05, 0) is 50.3 Å². The molecule has 1 aromatic carbocycles. The first kappa shape index (κ1) is 28.5. The average molecular weight is 558 g/mol. The molecule has 2 saturated heterocycles. The van der Waals surface area contributed by atoms with Crippen molar-refractivity contribution in [3.05, 3.63) is 34.9 Å². The largest absolute Gasteiger partial charge is 0.446 e. The van der Waals surface area contributed by atoms with Gasteiger partial charge >= 0.3 is 12.3 Å². The minimum atomic E-state index is -4.45. The smallest absolute Gasteiger partial charge is 0.410 e. The van der Waals surface area contributed by atoms with Crippen LogP contribution in [0.3, 0.4) is 0 Å². The molecule has 0 radical (unpaired) electrons. The molecule has 0 aromatic heterocycles. The van der Waals surface area contributed by atoms with Crippen molar-refractivity contribution in [2.45, 2.75) is 70.2 Å². The zero-order valence-electron chi connectivity index (χ0n) is 22.0. The van der Waals surface area contributed by atoms with Gasteiger partial charge in [-0.1, -0.05) is 30.7 Å². The molecule has 0 N–H and O–H groups in total. The third-order valence-corrected chi connectivity index (χ3v) is 8.40. The van der Waals surface area contributed by atoms with Crippen molar-refractivity contribution in [1.29, 1.82) is 0 Å². The predicted octanol–water partition coefficient (Wildman–Crippen LogP) is 5.08. The summed E-state index contributed by atoms with van der Waals surface area (Å²) in [6.45, 7) is 4.89. The van der Waals surface area contributed by atoms with Gasteiger partial charge in [0, 0.05) is 55.5 Å². The lowest BCUT2D eigenvalue weighted by atomic mass is 9.93. The topological polar surface area (TPSA) is 70.2 Å². The summed E-state index contributed by atoms with van der Waals surface area (Å²) in [5, 5.41) is 0.548. The number of hydrogen-bond donors (Lipinski definition) is 0. The minimum absolute atomic E-state index is 0.0246. The highest BCUT2D eigenvalue weighted by atomic mass is 35.5. The highest BCUT2D eigenvalue weighted by molar-refractivity contribution is 6.30. The second-order valence-electron chi connectivity index (χ2n) is 11.2.